The summed E-state index contributed by atoms with van der Waals surface area (Å²) in [6.45, 7) is 0. The Morgan fingerprint density at radius 2 is 0.500 bits per heavy atom. The van der Waals surface area contributed by atoms with E-state index in [0.29, 0.717) is 0 Å². The summed E-state index contributed by atoms with van der Waals surface area (Å²) in [7, 11) is -9.89. The molecule has 0 N–H and O–H groups in total. The van der Waals surface area contributed by atoms with Gasteiger partial charge in [0.2, 0.25) is 0 Å². The van der Waals surface area contributed by atoms with Crippen molar-refractivity contribution in [2.24, 2.45) is 0 Å². The smallest absolute Gasteiger partial charge is 0.222 e. The Morgan fingerprint density at radius 1 is 0.500 bits per heavy atom. The van der Waals surface area contributed by atoms with Crippen LogP contribution < -0.4 is 118 Å². The first kappa shape index (κ1) is 24.2. The molecule has 0 aromatic rings. The van der Waals surface area contributed by atoms with Crippen molar-refractivity contribution in [2.45, 2.75) is 0 Å². The van der Waals surface area contributed by atoms with Gasteiger partial charge in [0.25, 0.3) is 0 Å². The molecule has 0 unspecified atom stereocenters. The minimum atomic E-state index is -4.94. The predicted octanol–water partition coefficient (Wildman–Crippen LogP) is -15.5. The van der Waals surface area contributed by atoms with Gasteiger partial charge in [-0.25, -0.2) is 37.3 Å². The normalized spacial score (nSPS) is 10.0. The van der Waals surface area contributed by atoms with E-state index < -0.39 is 20.5 Å². The Hall–Kier alpha value is 2.90. The van der Waals surface area contributed by atoms with E-state index in [1.165, 1.54) is 0 Å². The zero-order valence-corrected chi connectivity index (χ0v) is 12.7. The van der Waals surface area contributed by atoms with Crippen LogP contribution in [0.3, 0.4) is 0 Å². The van der Waals surface area contributed by atoms with Gasteiger partial charge in [-0.15, -0.1) is 20.5 Å². The second-order valence-electron chi connectivity index (χ2n) is 0.756. The predicted molar refractivity (Wildman–Crippen MR) is 0 cm³/mol. The van der Waals surface area contributed by atoms with Crippen LogP contribution in [-0.4, -0.2) is 0 Å². The standard InChI is InChI=1S/2ClHO4.K.Na/c2*2-1(3,4)5;;/h2*(H,2,3,4,5);;/q;;2*+1/p-2. The van der Waals surface area contributed by atoms with Crippen LogP contribution in [0.1, 0.15) is 0 Å². The molecule has 12 heteroatoms. The minimum Gasteiger partial charge on any atom is -0.222 e. The molecule has 0 fully saturated rings. The second kappa shape index (κ2) is 10.4. The van der Waals surface area contributed by atoms with Gasteiger partial charge in [-0.2, -0.15) is 0 Å². The third kappa shape index (κ3) is 218. The first-order valence-electron chi connectivity index (χ1n) is 1.23. The fourth-order valence-corrected chi connectivity index (χ4v) is 0. The Kier molecular flexibility index (Phi) is 21.0. The number of hydrogen-bond donors (Lipinski definition) is 0. The van der Waals surface area contributed by atoms with Crippen LogP contribution >= 0.6 is 0 Å². The van der Waals surface area contributed by atoms with E-state index in [1.54, 1.807) is 0 Å². The fourth-order valence-electron chi connectivity index (χ4n) is 0. The summed E-state index contributed by atoms with van der Waals surface area (Å²) < 4.78 is 67.9. The van der Waals surface area contributed by atoms with E-state index in [9.17, 15) is 0 Å². The van der Waals surface area contributed by atoms with Crippen molar-refractivity contribution in [1.82, 2.24) is 0 Å². The van der Waals surface area contributed by atoms with E-state index in [1.807, 2.05) is 0 Å². The molecule has 0 aromatic carbocycles. The molecule has 64 valence electrons. The van der Waals surface area contributed by atoms with Crippen LogP contribution in [0.5, 0.6) is 0 Å². The molecule has 0 saturated carbocycles. The van der Waals surface area contributed by atoms with Crippen molar-refractivity contribution >= 4 is 0 Å². The third-order valence-corrected chi connectivity index (χ3v) is 0. The molecule has 0 amide bonds. The summed E-state index contributed by atoms with van der Waals surface area (Å²) >= 11 is 0. The van der Waals surface area contributed by atoms with Gasteiger partial charge >= 0.3 is 80.9 Å². The van der Waals surface area contributed by atoms with Crippen molar-refractivity contribution in [3.05, 3.63) is 0 Å². The summed E-state index contributed by atoms with van der Waals surface area (Å²) in [5, 5.41) is 0. The van der Waals surface area contributed by atoms with E-state index >= 15 is 0 Å². The van der Waals surface area contributed by atoms with Gasteiger partial charge in [-0.1, -0.05) is 0 Å². The van der Waals surface area contributed by atoms with Gasteiger partial charge in [0.15, 0.2) is 0 Å². The van der Waals surface area contributed by atoms with Gasteiger partial charge in [-0.05, 0) is 0 Å². The molecule has 0 radical (unpaired) electrons. The van der Waals surface area contributed by atoms with Crippen LogP contribution in [0.15, 0.2) is 0 Å². The summed E-state index contributed by atoms with van der Waals surface area (Å²) in [6.07, 6.45) is 0. The molecule has 0 aromatic heterocycles. The van der Waals surface area contributed by atoms with Crippen molar-refractivity contribution in [3.63, 3.8) is 0 Å². The molecule has 0 bridgehead atoms. The van der Waals surface area contributed by atoms with Crippen LogP contribution in [0.2, 0.25) is 0 Å². The molecule has 0 saturated heterocycles. The van der Waals surface area contributed by atoms with Crippen molar-refractivity contribution in [1.29, 1.82) is 0 Å². The second-order valence-corrected chi connectivity index (χ2v) is 2.27. The van der Waals surface area contributed by atoms with Crippen LogP contribution in [0, 0.1) is 20.5 Å². The van der Waals surface area contributed by atoms with E-state index in [4.69, 9.17) is 37.3 Å². The van der Waals surface area contributed by atoms with Gasteiger partial charge in [0.05, 0.1) is 0 Å². The van der Waals surface area contributed by atoms with Crippen molar-refractivity contribution < 1.29 is 139 Å². The molecule has 0 spiro atoms. The van der Waals surface area contributed by atoms with Gasteiger partial charge in [0, 0.05) is 0 Å². The number of rotatable bonds is 0. The molecule has 0 atom stereocenters. The topological polar surface area (TPSA) is 184 Å². The zero-order chi connectivity index (χ0) is 9.00. The molecular formula is Cl2KNaO8. The Morgan fingerprint density at radius 3 is 0.500 bits per heavy atom. The molecule has 12 heavy (non-hydrogen) atoms. The largest absolute Gasteiger partial charge is 1.00 e. The SMILES string of the molecule is [K+].[Na+].[O-][Cl+3]([O-])([O-])[O-].[O-][Cl+3]([O-])([O-])[O-]. The molecule has 0 aliphatic heterocycles. The zero-order valence-electron chi connectivity index (χ0n) is 6.02. The molecular weight excluding hydrogens is 261 g/mol. The molecule has 0 aliphatic rings. The average Bonchev–Trinajstić information content (AvgIpc) is 1.12. The van der Waals surface area contributed by atoms with Crippen LogP contribution in [0.25, 0.3) is 0 Å². The summed E-state index contributed by atoms with van der Waals surface area (Å²) in [5.41, 5.74) is 0. The Balaban J connectivity index is -0.0000000457. The van der Waals surface area contributed by atoms with Crippen LogP contribution in [-0.2, 0) is 0 Å². The maximum Gasteiger partial charge on any atom is 1.00 e. The Labute approximate surface area is 136 Å². The maximum atomic E-state index is 8.49. The minimum absolute atomic E-state index is 0. The first-order chi connectivity index (χ1) is 4.00. The molecule has 0 aliphatic carbocycles. The third-order valence-electron chi connectivity index (χ3n) is 0. The monoisotopic (exact) mass is 260 g/mol. The van der Waals surface area contributed by atoms with Crippen molar-refractivity contribution in [2.75, 3.05) is 0 Å². The first-order valence-corrected chi connectivity index (χ1v) is 3.70. The van der Waals surface area contributed by atoms with Gasteiger partial charge in [-0.3, -0.25) is 0 Å². The summed E-state index contributed by atoms with van der Waals surface area (Å²) in [6, 6.07) is 0. The van der Waals surface area contributed by atoms with E-state index in [-0.39, 0.29) is 80.9 Å². The Bertz CT molecular complexity index is 60.0. The van der Waals surface area contributed by atoms with Crippen LogP contribution in [0.4, 0.5) is 0 Å². The quantitative estimate of drug-likeness (QED) is 0.384. The maximum absolute atomic E-state index is 8.49. The summed E-state index contributed by atoms with van der Waals surface area (Å²) in [4.78, 5) is 0. The number of halogens is 2. The fraction of sp³-hybridized carbons (Fsp3) is 0. The molecule has 0 heterocycles. The van der Waals surface area contributed by atoms with E-state index in [2.05, 4.69) is 0 Å². The molecule has 0 rings (SSSR count). The van der Waals surface area contributed by atoms with E-state index in [0.717, 1.165) is 0 Å². The molecule has 8 nitrogen and oxygen atoms in total. The van der Waals surface area contributed by atoms with Gasteiger partial charge in [0.1, 0.15) is 0 Å². The van der Waals surface area contributed by atoms with Crippen molar-refractivity contribution in [3.8, 4) is 0 Å². The number of hydrogen-bond acceptors (Lipinski definition) is 8. The average molecular weight is 261 g/mol. The summed E-state index contributed by atoms with van der Waals surface area (Å²) in [5.74, 6) is 0. The van der Waals surface area contributed by atoms with Gasteiger partial charge < -0.3 is 0 Å².